The van der Waals surface area contributed by atoms with E-state index in [2.05, 4.69) is 39.9 Å². The molecule has 0 aliphatic rings. The van der Waals surface area contributed by atoms with Crippen molar-refractivity contribution < 1.29 is 4.74 Å². The highest BCUT2D eigenvalue weighted by Gasteiger charge is 2.13. The number of nitrogens with zero attached hydrogens (tertiary/aromatic N) is 3. The highest BCUT2D eigenvalue weighted by Crippen LogP contribution is 2.30. The van der Waals surface area contributed by atoms with Gasteiger partial charge in [0, 0.05) is 22.4 Å². The maximum atomic E-state index is 5.30. The topological polar surface area (TPSA) is 39.9 Å². The molecule has 0 amide bonds. The quantitative estimate of drug-likeness (QED) is 0.471. The van der Waals surface area contributed by atoms with Gasteiger partial charge in [0.2, 0.25) is 0 Å². The zero-order chi connectivity index (χ0) is 16.8. The summed E-state index contributed by atoms with van der Waals surface area (Å²) in [4.78, 5) is 9.47. The van der Waals surface area contributed by atoms with Crippen LogP contribution >= 0.6 is 0 Å². The molecule has 0 saturated heterocycles. The molecule has 0 atom stereocenters. The molecule has 3 heterocycles. The zero-order valence-electron chi connectivity index (χ0n) is 13.7. The number of hydrogen-bond donors (Lipinski definition) is 0. The summed E-state index contributed by atoms with van der Waals surface area (Å²) in [7, 11) is 1.67. The Balaban J connectivity index is 1.84. The average Bonchev–Trinajstić information content (AvgIpc) is 3.02. The van der Waals surface area contributed by atoms with Crippen LogP contribution in [0, 0.1) is 0 Å². The summed E-state index contributed by atoms with van der Waals surface area (Å²) in [5.41, 5.74) is 2.96. The minimum Gasteiger partial charge on any atom is -0.497 e. The smallest absolute Gasteiger partial charge is 0.146 e. The van der Waals surface area contributed by atoms with Crippen LogP contribution in [0.25, 0.3) is 38.7 Å². The van der Waals surface area contributed by atoms with Crippen LogP contribution in [0.1, 0.15) is 0 Å². The second-order valence-electron chi connectivity index (χ2n) is 5.96. The van der Waals surface area contributed by atoms with Crippen molar-refractivity contribution in [3.8, 4) is 11.6 Å². The number of pyridine rings is 2. The molecular weight excluding hydrogens is 310 g/mol. The number of benzene rings is 2. The second-order valence-corrected chi connectivity index (χ2v) is 5.96. The van der Waals surface area contributed by atoms with Gasteiger partial charge in [0.1, 0.15) is 17.2 Å². The molecule has 2 aromatic carbocycles. The maximum absolute atomic E-state index is 5.30. The fourth-order valence-corrected chi connectivity index (χ4v) is 3.37. The van der Waals surface area contributed by atoms with Crippen molar-refractivity contribution in [3.63, 3.8) is 0 Å². The molecule has 120 valence electrons. The summed E-state index contributed by atoms with van der Waals surface area (Å²) in [6.45, 7) is 0. The molecule has 0 unspecified atom stereocenters. The van der Waals surface area contributed by atoms with E-state index in [-0.39, 0.29) is 0 Å². The lowest BCUT2D eigenvalue weighted by molar-refractivity contribution is 0.415. The van der Waals surface area contributed by atoms with Crippen molar-refractivity contribution >= 4 is 32.8 Å². The third kappa shape index (κ3) is 2.08. The van der Waals surface area contributed by atoms with Gasteiger partial charge >= 0.3 is 0 Å². The first-order chi connectivity index (χ1) is 12.3. The number of hydrogen-bond acceptors (Lipinski definition) is 3. The van der Waals surface area contributed by atoms with Gasteiger partial charge in [-0.15, -0.1) is 0 Å². The third-order valence-electron chi connectivity index (χ3n) is 4.54. The first-order valence-electron chi connectivity index (χ1n) is 8.14. The summed E-state index contributed by atoms with van der Waals surface area (Å²) in [5, 5.41) is 3.37. The number of para-hydroxylation sites is 1. The summed E-state index contributed by atoms with van der Waals surface area (Å²) >= 11 is 0. The molecule has 0 saturated carbocycles. The van der Waals surface area contributed by atoms with Crippen molar-refractivity contribution in [2.45, 2.75) is 0 Å². The first kappa shape index (κ1) is 14.0. The Morgan fingerprint density at radius 2 is 1.76 bits per heavy atom. The van der Waals surface area contributed by atoms with Gasteiger partial charge in [-0.1, -0.05) is 18.2 Å². The first-order valence-corrected chi connectivity index (χ1v) is 8.14. The van der Waals surface area contributed by atoms with E-state index in [1.807, 2.05) is 42.6 Å². The highest BCUT2D eigenvalue weighted by atomic mass is 16.5. The average molecular weight is 325 g/mol. The fraction of sp³-hybridized carbons (Fsp3) is 0.0476. The van der Waals surface area contributed by atoms with Crippen LogP contribution in [0.2, 0.25) is 0 Å². The summed E-state index contributed by atoms with van der Waals surface area (Å²) < 4.78 is 7.42. The SMILES string of the molecule is COc1ccc2nc(-n3c4ccccc4c4cccnc43)ccc2c1. The van der Waals surface area contributed by atoms with Gasteiger partial charge in [0.05, 0.1) is 18.1 Å². The molecule has 4 heteroatoms. The van der Waals surface area contributed by atoms with E-state index in [0.29, 0.717) is 0 Å². The standard InChI is InChI=1S/C21H15N3O/c1-25-15-9-10-18-14(13-15)8-11-20(23-18)24-19-7-3-2-5-16(19)17-6-4-12-22-21(17)24/h2-13H,1H3. The maximum Gasteiger partial charge on any atom is 0.146 e. The minimum absolute atomic E-state index is 0.834. The number of aromatic nitrogens is 3. The van der Waals surface area contributed by atoms with E-state index < -0.39 is 0 Å². The van der Waals surface area contributed by atoms with Crippen molar-refractivity contribution in [1.29, 1.82) is 0 Å². The molecule has 0 radical (unpaired) electrons. The molecule has 0 bridgehead atoms. The molecule has 3 aromatic heterocycles. The molecular formula is C21H15N3O. The van der Waals surface area contributed by atoms with E-state index in [0.717, 1.165) is 39.0 Å². The van der Waals surface area contributed by atoms with Gasteiger partial charge in [-0.3, -0.25) is 4.57 Å². The molecule has 5 rings (SSSR count). The van der Waals surface area contributed by atoms with Gasteiger partial charge in [-0.2, -0.15) is 0 Å². The Bertz CT molecular complexity index is 1190. The fourth-order valence-electron chi connectivity index (χ4n) is 3.37. The van der Waals surface area contributed by atoms with Crippen LogP contribution < -0.4 is 4.74 Å². The number of fused-ring (bicyclic) bond motifs is 4. The number of rotatable bonds is 2. The lowest BCUT2D eigenvalue weighted by atomic mass is 10.2. The van der Waals surface area contributed by atoms with Gasteiger partial charge in [-0.25, -0.2) is 9.97 Å². The van der Waals surface area contributed by atoms with Crippen molar-refractivity contribution in [2.24, 2.45) is 0 Å². The monoisotopic (exact) mass is 325 g/mol. The summed E-state index contributed by atoms with van der Waals surface area (Å²) in [6, 6.07) is 22.4. The minimum atomic E-state index is 0.834. The molecule has 0 spiro atoms. The van der Waals surface area contributed by atoms with Gasteiger partial charge in [-0.05, 0) is 48.5 Å². The van der Waals surface area contributed by atoms with E-state index in [1.165, 1.54) is 5.39 Å². The Kier molecular flexibility index (Phi) is 2.97. The van der Waals surface area contributed by atoms with E-state index in [9.17, 15) is 0 Å². The molecule has 0 aliphatic heterocycles. The Hall–Kier alpha value is -3.40. The lowest BCUT2D eigenvalue weighted by Gasteiger charge is -2.08. The van der Waals surface area contributed by atoms with Gasteiger partial charge in [0.25, 0.3) is 0 Å². The largest absolute Gasteiger partial charge is 0.497 e. The van der Waals surface area contributed by atoms with Gasteiger partial charge < -0.3 is 4.74 Å². The second kappa shape index (κ2) is 5.31. The van der Waals surface area contributed by atoms with Gasteiger partial charge in [0.15, 0.2) is 0 Å². The van der Waals surface area contributed by atoms with Crippen LogP contribution in [-0.2, 0) is 0 Å². The molecule has 25 heavy (non-hydrogen) atoms. The predicted octanol–water partition coefficient (Wildman–Crippen LogP) is 4.74. The van der Waals surface area contributed by atoms with Crippen LogP contribution in [0.3, 0.4) is 0 Å². The Morgan fingerprint density at radius 3 is 2.68 bits per heavy atom. The number of ether oxygens (including phenoxy) is 1. The highest BCUT2D eigenvalue weighted by molar-refractivity contribution is 6.07. The molecule has 4 nitrogen and oxygen atoms in total. The summed E-state index contributed by atoms with van der Waals surface area (Å²) in [6.07, 6.45) is 1.82. The summed E-state index contributed by atoms with van der Waals surface area (Å²) in [5.74, 6) is 1.70. The third-order valence-corrected chi connectivity index (χ3v) is 4.54. The van der Waals surface area contributed by atoms with Crippen molar-refractivity contribution in [1.82, 2.24) is 14.5 Å². The molecule has 0 N–H and O–H groups in total. The van der Waals surface area contributed by atoms with Crippen LogP contribution in [0.15, 0.2) is 72.9 Å². The molecule has 5 aromatic rings. The van der Waals surface area contributed by atoms with E-state index in [4.69, 9.17) is 9.72 Å². The molecule has 0 fully saturated rings. The van der Waals surface area contributed by atoms with Crippen molar-refractivity contribution in [3.05, 3.63) is 72.9 Å². The normalized spacial score (nSPS) is 11.4. The van der Waals surface area contributed by atoms with Crippen molar-refractivity contribution in [2.75, 3.05) is 7.11 Å². The lowest BCUT2D eigenvalue weighted by Crippen LogP contribution is -1.98. The van der Waals surface area contributed by atoms with Crippen LogP contribution in [0.4, 0.5) is 0 Å². The number of methoxy groups -OCH3 is 1. The van der Waals surface area contributed by atoms with E-state index in [1.54, 1.807) is 7.11 Å². The predicted molar refractivity (Wildman–Crippen MR) is 100 cm³/mol. The zero-order valence-corrected chi connectivity index (χ0v) is 13.7. The Labute approximate surface area is 144 Å². The Morgan fingerprint density at radius 1 is 0.880 bits per heavy atom. The van der Waals surface area contributed by atoms with Crippen LogP contribution in [-0.4, -0.2) is 21.6 Å². The van der Waals surface area contributed by atoms with Crippen LogP contribution in [0.5, 0.6) is 5.75 Å². The van der Waals surface area contributed by atoms with E-state index >= 15 is 0 Å². The molecule has 0 aliphatic carbocycles.